The monoisotopic (exact) mass is 335 g/mol. The van der Waals surface area contributed by atoms with Crippen LogP contribution in [0.5, 0.6) is 11.5 Å². The highest BCUT2D eigenvalue weighted by molar-refractivity contribution is 5.96. The normalized spacial score (nSPS) is 10.5. The Kier molecular flexibility index (Phi) is 6.54. The van der Waals surface area contributed by atoms with Crippen molar-refractivity contribution >= 4 is 5.91 Å². The van der Waals surface area contributed by atoms with Gasteiger partial charge in [-0.2, -0.15) is 8.78 Å². The summed E-state index contributed by atoms with van der Waals surface area (Å²) in [6.07, 6.45) is 0.581. The molecule has 0 aromatic heterocycles. The summed E-state index contributed by atoms with van der Waals surface area (Å²) in [4.78, 5) is 12.2. The number of para-hydroxylation sites is 1. The number of hydrogen-bond acceptors (Lipinski definition) is 3. The summed E-state index contributed by atoms with van der Waals surface area (Å²) in [5.74, 6) is 0.450. The number of amides is 1. The molecule has 0 aliphatic rings. The van der Waals surface area contributed by atoms with Gasteiger partial charge in [0.15, 0.2) is 0 Å². The van der Waals surface area contributed by atoms with Gasteiger partial charge in [-0.3, -0.25) is 4.79 Å². The topological polar surface area (TPSA) is 47.6 Å². The van der Waals surface area contributed by atoms with E-state index in [9.17, 15) is 13.6 Å². The maximum Gasteiger partial charge on any atom is 0.387 e. The summed E-state index contributed by atoms with van der Waals surface area (Å²) in [5, 5.41) is 2.82. The number of alkyl halides is 2. The van der Waals surface area contributed by atoms with Gasteiger partial charge in [0.05, 0.1) is 12.2 Å². The van der Waals surface area contributed by atoms with Gasteiger partial charge in [0.25, 0.3) is 5.91 Å². The van der Waals surface area contributed by atoms with Crippen molar-refractivity contribution in [1.29, 1.82) is 0 Å². The van der Waals surface area contributed by atoms with Crippen LogP contribution < -0.4 is 14.8 Å². The van der Waals surface area contributed by atoms with E-state index in [-0.39, 0.29) is 11.7 Å². The van der Waals surface area contributed by atoms with Crippen LogP contribution in [0.4, 0.5) is 8.78 Å². The molecule has 6 heteroatoms. The van der Waals surface area contributed by atoms with Crippen LogP contribution in [0.3, 0.4) is 0 Å². The largest absolute Gasteiger partial charge is 0.493 e. The molecule has 24 heavy (non-hydrogen) atoms. The second-order valence-electron chi connectivity index (χ2n) is 4.96. The molecule has 2 rings (SSSR count). The van der Waals surface area contributed by atoms with Gasteiger partial charge in [-0.05, 0) is 43.2 Å². The average molecular weight is 335 g/mol. The Hall–Kier alpha value is -2.63. The number of halogens is 2. The molecule has 0 radical (unpaired) electrons. The van der Waals surface area contributed by atoms with Crippen molar-refractivity contribution in [3.8, 4) is 11.5 Å². The molecule has 0 saturated heterocycles. The lowest BCUT2D eigenvalue weighted by Crippen LogP contribution is -2.26. The smallest absolute Gasteiger partial charge is 0.387 e. The first-order valence-corrected chi connectivity index (χ1v) is 7.64. The minimum absolute atomic E-state index is 0.114. The molecule has 4 nitrogen and oxygen atoms in total. The zero-order valence-corrected chi connectivity index (χ0v) is 13.3. The van der Waals surface area contributed by atoms with Gasteiger partial charge in [-0.25, -0.2) is 0 Å². The van der Waals surface area contributed by atoms with Crippen molar-refractivity contribution in [2.75, 3.05) is 13.2 Å². The van der Waals surface area contributed by atoms with E-state index in [1.54, 1.807) is 30.3 Å². The lowest BCUT2D eigenvalue weighted by atomic mass is 10.1. The molecule has 0 atom stereocenters. The molecule has 0 aliphatic carbocycles. The molecule has 0 spiro atoms. The Morgan fingerprint density at radius 3 is 2.50 bits per heavy atom. The third kappa shape index (κ3) is 5.22. The number of rotatable bonds is 8. The van der Waals surface area contributed by atoms with E-state index in [0.717, 1.165) is 5.56 Å². The molecular weight excluding hydrogens is 316 g/mol. The lowest BCUT2D eigenvalue weighted by molar-refractivity contribution is -0.0498. The Labute approximate surface area is 139 Å². The van der Waals surface area contributed by atoms with Gasteiger partial charge < -0.3 is 14.8 Å². The molecule has 128 valence electrons. The molecule has 0 saturated carbocycles. The predicted octanol–water partition coefficient (Wildman–Crippen LogP) is 3.66. The average Bonchev–Trinajstić information content (AvgIpc) is 2.56. The summed E-state index contributed by atoms with van der Waals surface area (Å²) in [6.45, 7) is -0.0672. The summed E-state index contributed by atoms with van der Waals surface area (Å²) in [6, 6.07) is 13.4. The Morgan fingerprint density at radius 1 is 1.12 bits per heavy atom. The first-order chi connectivity index (χ1) is 11.6. The van der Waals surface area contributed by atoms with Gasteiger partial charge >= 0.3 is 6.61 Å². The van der Waals surface area contributed by atoms with E-state index >= 15 is 0 Å². The predicted molar refractivity (Wildman–Crippen MR) is 86.7 cm³/mol. The van der Waals surface area contributed by atoms with Gasteiger partial charge in [0.1, 0.15) is 11.5 Å². The molecule has 2 aromatic carbocycles. The highest BCUT2D eigenvalue weighted by Gasteiger charge is 2.11. The van der Waals surface area contributed by atoms with Crippen LogP contribution in [0, 0.1) is 0 Å². The molecule has 0 fully saturated rings. The van der Waals surface area contributed by atoms with E-state index in [1.165, 1.54) is 12.1 Å². The Morgan fingerprint density at radius 2 is 1.83 bits per heavy atom. The number of carbonyl (C=O) groups is 1. The second-order valence-corrected chi connectivity index (χ2v) is 4.96. The molecule has 1 amide bonds. The van der Waals surface area contributed by atoms with E-state index in [2.05, 4.69) is 10.1 Å². The molecule has 0 heterocycles. The summed E-state index contributed by atoms with van der Waals surface area (Å²) >= 11 is 0. The van der Waals surface area contributed by atoms with Gasteiger partial charge in [0.2, 0.25) is 0 Å². The van der Waals surface area contributed by atoms with Crippen LogP contribution in [0.15, 0.2) is 48.5 Å². The number of hydrogen-bond donors (Lipinski definition) is 1. The number of benzene rings is 2. The number of ether oxygens (including phenoxy) is 2. The highest BCUT2D eigenvalue weighted by atomic mass is 19.3. The van der Waals surface area contributed by atoms with Crippen LogP contribution in [0.25, 0.3) is 0 Å². The van der Waals surface area contributed by atoms with Crippen LogP contribution >= 0.6 is 0 Å². The van der Waals surface area contributed by atoms with Crippen LogP contribution in [0.2, 0.25) is 0 Å². The quantitative estimate of drug-likeness (QED) is 0.801. The van der Waals surface area contributed by atoms with Crippen molar-refractivity contribution in [2.45, 2.75) is 20.0 Å². The Balaban J connectivity index is 1.86. The van der Waals surface area contributed by atoms with Crippen molar-refractivity contribution in [1.82, 2.24) is 5.32 Å². The highest BCUT2D eigenvalue weighted by Crippen LogP contribution is 2.18. The van der Waals surface area contributed by atoms with Crippen molar-refractivity contribution in [3.63, 3.8) is 0 Å². The van der Waals surface area contributed by atoms with Crippen LogP contribution in [-0.4, -0.2) is 25.7 Å². The number of nitrogens with one attached hydrogen (secondary N) is 1. The molecule has 0 bridgehead atoms. The molecular formula is C18H19F2NO3. The fraction of sp³-hybridized carbons (Fsp3) is 0.278. The lowest BCUT2D eigenvalue weighted by Gasteiger charge is -2.10. The van der Waals surface area contributed by atoms with Crippen molar-refractivity contribution in [3.05, 3.63) is 59.7 Å². The first kappa shape index (κ1) is 17.7. The van der Waals surface area contributed by atoms with E-state index in [0.29, 0.717) is 30.9 Å². The first-order valence-electron chi connectivity index (χ1n) is 7.64. The third-order valence-electron chi connectivity index (χ3n) is 3.28. The summed E-state index contributed by atoms with van der Waals surface area (Å²) in [7, 11) is 0. The van der Waals surface area contributed by atoms with Gasteiger partial charge in [0, 0.05) is 6.54 Å². The van der Waals surface area contributed by atoms with Gasteiger partial charge in [-0.15, -0.1) is 0 Å². The number of carbonyl (C=O) groups excluding carboxylic acids is 1. The molecule has 0 unspecified atom stereocenters. The van der Waals surface area contributed by atoms with E-state index in [4.69, 9.17) is 4.74 Å². The molecule has 2 aromatic rings. The zero-order chi connectivity index (χ0) is 17.4. The second kappa shape index (κ2) is 8.86. The van der Waals surface area contributed by atoms with E-state index in [1.807, 2.05) is 13.0 Å². The fourth-order valence-corrected chi connectivity index (χ4v) is 2.19. The maximum atomic E-state index is 12.2. The van der Waals surface area contributed by atoms with Crippen LogP contribution in [0.1, 0.15) is 22.8 Å². The minimum Gasteiger partial charge on any atom is -0.493 e. The fourth-order valence-electron chi connectivity index (χ4n) is 2.19. The zero-order valence-electron chi connectivity index (χ0n) is 13.3. The van der Waals surface area contributed by atoms with Crippen LogP contribution in [-0.2, 0) is 6.42 Å². The molecule has 0 aliphatic heterocycles. The summed E-state index contributed by atoms with van der Waals surface area (Å²) < 4.78 is 33.9. The standard InChI is InChI=1S/C18H19F2NO3/c1-2-23-16-6-4-3-5-15(16)17(22)21-12-11-13-7-9-14(10-8-13)24-18(19)20/h3-10,18H,2,11-12H2,1H3,(H,21,22). The SMILES string of the molecule is CCOc1ccccc1C(=O)NCCc1ccc(OC(F)F)cc1. The molecule has 1 N–H and O–H groups in total. The third-order valence-corrected chi connectivity index (χ3v) is 3.28. The Bertz CT molecular complexity index is 660. The van der Waals surface area contributed by atoms with E-state index < -0.39 is 6.61 Å². The van der Waals surface area contributed by atoms with Crippen molar-refractivity contribution in [2.24, 2.45) is 0 Å². The minimum atomic E-state index is -2.83. The van der Waals surface area contributed by atoms with Gasteiger partial charge in [-0.1, -0.05) is 24.3 Å². The summed E-state index contributed by atoms with van der Waals surface area (Å²) in [5.41, 5.74) is 1.40. The maximum absolute atomic E-state index is 12.2. The van der Waals surface area contributed by atoms with Crippen molar-refractivity contribution < 1.29 is 23.0 Å².